The Hall–Kier alpha value is -3.43. The van der Waals surface area contributed by atoms with Crippen molar-refractivity contribution in [3.8, 4) is 17.2 Å². The van der Waals surface area contributed by atoms with Gasteiger partial charge in [0.05, 0.1) is 25.9 Å². The second kappa shape index (κ2) is 10.4. The first-order valence-electron chi connectivity index (χ1n) is 13.0. The number of ether oxygens (including phenoxy) is 3. The number of hydrogen-bond donors (Lipinski definition) is 1. The summed E-state index contributed by atoms with van der Waals surface area (Å²) in [6.07, 6.45) is 4.28. The molecule has 2 saturated carbocycles. The van der Waals surface area contributed by atoms with Gasteiger partial charge in [-0.3, -0.25) is 9.59 Å². The number of hydrogen-bond acceptors (Lipinski definition) is 5. The van der Waals surface area contributed by atoms with E-state index in [4.69, 9.17) is 14.2 Å². The lowest BCUT2D eigenvalue weighted by Crippen LogP contribution is -2.42. The van der Waals surface area contributed by atoms with Crippen LogP contribution < -0.4 is 19.5 Å². The number of carbonyl (C=O) groups is 2. The van der Waals surface area contributed by atoms with Crippen LogP contribution in [0.5, 0.6) is 17.2 Å². The Bertz CT molecular complexity index is 1240. The molecule has 1 saturated heterocycles. The molecule has 0 radical (unpaired) electrons. The molecule has 0 aromatic heterocycles. The molecule has 1 spiro atoms. The molecule has 3 fully saturated rings. The van der Waals surface area contributed by atoms with Crippen LogP contribution in [0.25, 0.3) is 0 Å². The van der Waals surface area contributed by atoms with Gasteiger partial charge >= 0.3 is 0 Å². The molecule has 5 rings (SSSR count). The van der Waals surface area contributed by atoms with E-state index in [9.17, 15) is 22.8 Å². The fourth-order valence-corrected chi connectivity index (χ4v) is 5.10. The molecular weight excluding hydrogens is 501 g/mol. The average Bonchev–Trinajstić information content (AvgIpc) is 3.85. The van der Waals surface area contributed by atoms with Gasteiger partial charge in [-0.2, -0.15) is 4.39 Å². The highest BCUT2D eigenvalue weighted by molar-refractivity contribution is 5.96. The molecule has 1 unspecified atom stereocenters. The molecular formula is C28H31F3N2O5. The highest BCUT2D eigenvalue weighted by Crippen LogP contribution is 2.54. The van der Waals surface area contributed by atoms with Crippen molar-refractivity contribution in [1.29, 1.82) is 0 Å². The lowest BCUT2D eigenvalue weighted by molar-refractivity contribution is 0.0661. The number of amides is 2. The Morgan fingerprint density at radius 3 is 2.45 bits per heavy atom. The van der Waals surface area contributed by atoms with Crippen molar-refractivity contribution in [2.24, 2.45) is 11.3 Å². The summed E-state index contributed by atoms with van der Waals surface area (Å²) in [7, 11) is 1.56. The number of piperidine rings is 1. The van der Waals surface area contributed by atoms with Gasteiger partial charge < -0.3 is 24.4 Å². The first kappa shape index (κ1) is 26.2. The maximum atomic E-state index is 14.8. The summed E-state index contributed by atoms with van der Waals surface area (Å²) in [6.45, 7) is 2.67. The van der Waals surface area contributed by atoms with E-state index in [2.05, 4.69) is 5.32 Å². The fourth-order valence-electron chi connectivity index (χ4n) is 5.10. The fraction of sp³-hybridized carbons (Fsp3) is 0.500. The summed E-state index contributed by atoms with van der Waals surface area (Å²) >= 11 is 0. The molecule has 3 aliphatic rings. The van der Waals surface area contributed by atoms with Gasteiger partial charge in [0.1, 0.15) is 0 Å². The minimum Gasteiger partial charge on any atom is -0.493 e. The van der Waals surface area contributed by atoms with Crippen LogP contribution in [0.1, 0.15) is 59.7 Å². The second-order valence-corrected chi connectivity index (χ2v) is 10.3. The summed E-state index contributed by atoms with van der Waals surface area (Å²) in [4.78, 5) is 27.4. The number of benzene rings is 2. The Morgan fingerprint density at radius 2 is 1.79 bits per heavy atom. The zero-order valence-electron chi connectivity index (χ0n) is 21.5. The van der Waals surface area contributed by atoms with Crippen molar-refractivity contribution in [2.75, 3.05) is 33.4 Å². The molecule has 1 heterocycles. The number of carbonyl (C=O) groups excluding carboxylic acids is 2. The highest BCUT2D eigenvalue weighted by atomic mass is 19.2. The van der Waals surface area contributed by atoms with Crippen LogP contribution in [-0.2, 0) is 0 Å². The highest BCUT2D eigenvalue weighted by Gasteiger charge is 2.56. The normalized spacial score (nSPS) is 19.7. The third-order valence-electron chi connectivity index (χ3n) is 7.77. The van der Waals surface area contributed by atoms with E-state index in [0.717, 1.165) is 19.3 Å². The van der Waals surface area contributed by atoms with Gasteiger partial charge in [0, 0.05) is 24.7 Å². The predicted octanol–water partition coefficient (Wildman–Crippen LogP) is 4.72. The first-order valence-corrected chi connectivity index (χ1v) is 13.0. The van der Waals surface area contributed by atoms with Gasteiger partial charge in [-0.25, -0.2) is 8.78 Å². The van der Waals surface area contributed by atoms with Crippen molar-refractivity contribution in [2.45, 2.75) is 45.1 Å². The number of nitrogens with zero attached hydrogens (tertiary/aromatic N) is 1. The average molecular weight is 533 g/mol. The van der Waals surface area contributed by atoms with Crippen molar-refractivity contribution in [3.63, 3.8) is 0 Å². The first-order chi connectivity index (χ1) is 18.3. The lowest BCUT2D eigenvalue weighted by atomic mass is 9.92. The summed E-state index contributed by atoms with van der Waals surface area (Å²) in [5.74, 6) is -4.11. The van der Waals surface area contributed by atoms with Gasteiger partial charge in [-0.15, -0.1) is 0 Å². The van der Waals surface area contributed by atoms with Crippen LogP contribution in [0.3, 0.4) is 0 Å². The maximum absolute atomic E-state index is 14.8. The van der Waals surface area contributed by atoms with Crippen molar-refractivity contribution in [1.82, 2.24) is 10.2 Å². The summed E-state index contributed by atoms with van der Waals surface area (Å²) < 4.78 is 58.8. The van der Waals surface area contributed by atoms with Crippen LogP contribution in [0.4, 0.5) is 13.2 Å². The van der Waals surface area contributed by atoms with Gasteiger partial charge in [0.2, 0.25) is 5.82 Å². The van der Waals surface area contributed by atoms with Crippen LogP contribution in [0.15, 0.2) is 24.3 Å². The third kappa shape index (κ3) is 5.13. The van der Waals surface area contributed by atoms with E-state index in [1.54, 1.807) is 25.3 Å². The Labute approximate surface area is 219 Å². The molecule has 10 heteroatoms. The van der Waals surface area contributed by atoms with Crippen molar-refractivity contribution < 1.29 is 37.0 Å². The van der Waals surface area contributed by atoms with Crippen molar-refractivity contribution in [3.05, 3.63) is 52.8 Å². The van der Waals surface area contributed by atoms with E-state index < -0.39 is 34.7 Å². The summed E-state index contributed by atoms with van der Waals surface area (Å²) in [5.41, 5.74) is -0.221. The molecule has 1 N–H and O–H groups in total. The molecule has 2 aromatic rings. The molecule has 7 nitrogen and oxygen atoms in total. The summed E-state index contributed by atoms with van der Waals surface area (Å²) in [5, 5.41) is 3.09. The van der Waals surface area contributed by atoms with E-state index in [1.807, 2.05) is 0 Å². The minimum absolute atomic E-state index is 0.0465. The lowest BCUT2D eigenvalue weighted by Gasteiger charge is -2.33. The monoisotopic (exact) mass is 532 g/mol. The SMILES string of the molecule is CCOc1c(F)c(F)cc(C(=O)N2CCC3(CC2)CC3NC(=O)c2ccc(OC)c(OCC3CC3)c2)c1F. The quantitative estimate of drug-likeness (QED) is 0.473. The predicted molar refractivity (Wildman–Crippen MR) is 132 cm³/mol. The number of likely N-dealkylation sites (tertiary alicyclic amines) is 1. The number of rotatable bonds is 9. The summed E-state index contributed by atoms with van der Waals surface area (Å²) in [6, 6.07) is 5.64. The Balaban J connectivity index is 1.19. The number of halogens is 3. The molecule has 2 aliphatic carbocycles. The van der Waals surface area contributed by atoms with Gasteiger partial charge in [0.25, 0.3) is 11.8 Å². The minimum atomic E-state index is -1.45. The molecule has 2 aromatic carbocycles. The van der Waals surface area contributed by atoms with E-state index >= 15 is 0 Å². The largest absolute Gasteiger partial charge is 0.493 e. The Kier molecular flexibility index (Phi) is 7.15. The third-order valence-corrected chi connectivity index (χ3v) is 7.77. The van der Waals surface area contributed by atoms with E-state index in [0.29, 0.717) is 61.6 Å². The van der Waals surface area contributed by atoms with Crippen LogP contribution in [-0.4, -0.2) is 56.2 Å². The molecule has 0 bridgehead atoms. The van der Waals surface area contributed by atoms with E-state index in [-0.39, 0.29) is 24.0 Å². The molecule has 2 amide bonds. The van der Waals surface area contributed by atoms with Crippen LogP contribution in [0.2, 0.25) is 0 Å². The van der Waals surface area contributed by atoms with Gasteiger partial charge in [-0.05, 0) is 74.6 Å². The molecule has 1 aliphatic heterocycles. The maximum Gasteiger partial charge on any atom is 0.257 e. The zero-order valence-corrected chi connectivity index (χ0v) is 21.5. The topological polar surface area (TPSA) is 77.1 Å². The number of methoxy groups -OCH3 is 1. The molecule has 1 atom stereocenters. The Morgan fingerprint density at radius 1 is 1.05 bits per heavy atom. The zero-order chi connectivity index (χ0) is 27.0. The second-order valence-electron chi connectivity index (χ2n) is 10.3. The van der Waals surface area contributed by atoms with Crippen LogP contribution >= 0.6 is 0 Å². The molecule has 38 heavy (non-hydrogen) atoms. The van der Waals surface area contributed by atoms with E-state index in [1.165, 1.54) is 11.8 Å². The van der Waals surface area contributed by atoms with Crippen molar-refractivity contribution >= 4 is 11.8 Å². The van der Waals surface area contributed by atoms with Gasteiger partial charge in [0.15, 0.2) is 28.9 Å². The smallest absolute Gasteiger partial charge is 0.257 e. The number of nitrogens with one attached hydrogen (secondary N) is 1. The van der Waals surface area contributed by atoms with Gasteiger partial charge in [-0.1, -0.05) is 0 Å². The van der Waals surface area contributed by atoms with Crippen LogP contribution in [0, 0.1) is 28.8 Å². The molecule has 204 valence electrons. The standard InChI is InChI=1S/C28H31F3N2O5/c1-3-37-25-23(30)18(13-19(29)24(25)31)27(35)33-10-8-28(9-11-33)14-22(28)32-26(34)17-6-7-20(36-2)21(12-17)38-15-16-4-5-16/h6-7,12-13,16,22H,3-5,8-11,14-15H2,1-2H3,(H,32,34).